The molecule has 0 atom stereocenters. The van der Waals surface area contributed by atoms with Crippen LogP contribution in [-0.2, 0) is 14.9 Å². The van der Waals surface area contributed by atoms with Crippen LogP contribution in [0.15, 0.2) is 0 Å². The minimum Gasteiger partial charge on any atom is -0.381 e. The second-order valence-corrected chi connectivity index (χ2v) is 7.24. The largest absolute Gasteiger partial charge is 0.381 e. The molecule has 19 heavy (non-hydrogen) atoms. The summed E-state index contributed by atoms with van der Waals surface area (Å²) in [6, 6.07) is 0.451. The number of hydrogen-bond acceptors (Lipinski definition) is 4. The van der Waals surface area contributed by atoms with Crippen LogP contribution in [0, 0.1) is 0 Å². The SMILES string of the molecule is COC1CC(NS(=O)(=O)N(C)CCCNC(C)C)C1. The van der Waals surface area contributed by atoms with Crippen molar-refractivity contribution in [1.29, 1.82) is 0 Å². The van der Waals surface area contributed by atoms with Crippen molar-refractivity contribution < 1.29 is 13.2 Å². The first kappa shape index (κ1) is 16.8. The molecular weight excluding hydrogens is 266 g/mol. The minimum absolute atomic E-state index is 0.0196. The molecule has 1 aliphatic rings. The Labute approximate surface area is 117 Å². The molecule has 0 unspecified atom stereocenters. The van der Waals surface area contributed by atoms with Gasteiger partial charge < -0.3 is 10.1 Å². The molecule has 0 spiro atoms. The van der Waals surface area contributed by atoms with E-state index < -0.39 is 10.2 Å². The van der Waals surface area contributed by atoms with Gasteiger partial charge in [-0.1, -0.05) is 13.8 Å². The van der Waals surface area contributed by atoms with E-state index in [0.717, 1.165) is 25.8 Å². The van der Waals surface area contributed by atoms with Gasteiger partial charge in [0.15, 0.2) is 0 Å². The van der Waals surface area contributed by atoms with Gasteiger partial charge in [-0.2, -0.15) is 17.4 Å². The highest BCUT2D eigenvalue weighted by atomic mass is 32.2. The summed E-state index contributed by atoms with van der Waals surface area (Å²) in [5, 5.41) is 3.27. The molecule has 0 amide bonds. The van der Waals surface area contributed by atoms with Crippen molar-refractivity contribution in [3.8, 4) is 0 Å². The predicted molar refractivity (Wildman–Crippen MR) is 76.3 cm³/mol. The number of hydrogen-bond donors (Lipinski definition) is 2. The first-order valence-corrected chi connectivity index (χ1v) is 8.29. The Bertz CT molecular complexity index is 353. The van der Waals surface area contributed by atoms with Crippen LogP contribution in [0.2, 0.25) is 0 Å². The molecule has 0 saturated heterocycles. The van der Waals surface area contributed by atoms with Crippen molar-refractivity contribution in [3.05, 3.63) is 0 Å². The molecule has 1 aliphatic carbocycles. The van der Waals surface area contributed by atoms with Crippen LogP contribution in [-0.4, -0.2) is 58.2 Å². The molecule has 2 N–H and O–H groups in total. The third-order valence-corrected chi connectivity index (χ3v) is 4.99. The van der Waals surface area contributed by atoms with Crippen LogP contribution in [0.5, 0.6) is 0 Å². The molecule has 7 heteroatoms. The van der Waals surface area contributed by atoms with E-state index >= 15 is 0 Å². The van der Waals surface area contributed by atoms with Crippen LogP contribution in [0.3, 0.4) is 0 Å². The van der Waals surface area contributed by atoms with Crippen molar-refractivity contribution in [1.82, 2.24) is 14.3 Å². The third kappa shape index (κ3) is 5.74. The van der Waals surface area contributed by atoms with E-state index in [4.69, 9.17) is 4.74 Å². The fourth-order valence-corrected chi connectivity index (χ4v) is 3.13. The lowest BCUT2D eigenvalue weighted by Gasteiger charge is -2.35. The topological polar surface area (TPSA) is 70.7 Å². The second-order valence-electron chi connectivity index (χ2n) is 5.43. The smallest absolute Gasteiger partial charge is 0.279 e. The standard InChI is InChI=1S/C12H27N3O3S/c1-10(2)13-6-5-7-15(3)19(16,17)14-11-8-12(9-11)18-4/h10-14H,5-9H2,1-4H3. The molecule has 0 aromatic heterocycles. The van der Waals surface area contributed by atoms with E-state index in [1.165, 1.54) is 4.31 Å². The second kappa shape index (κ2) is 7.54. The summed E-state index contributed by atoms with van der Waals surface area (Å²) in [6.07, 6.45) is 2.53. The molecule has 0 bridgehead atoms. The van der Waals surface area contributed by atoms with Gasteiger partial charge in [0.1, 0.15) is 0 Å². The van der Waals surface area contributed by atoms with Crippen molar-refractivity contribution >= 4 is 10.2 Å². The van der Waals surface area contributed by atoms with Crippen LogP contribution >= 0.6 is 0 Å². The molecule has 0 aromatic rings. The maximum absolute atomic E-state index is 12.0. The minimum atomic E-state index is -3.35. The van der Waals surface area contributed by atoms with Gasteiger partial charge >= 0.3 is 0 Å². The Balaban J connectivity index is 2.24. The maximum atomic E-state index is 12.0. The fraction of sp³-hybridized carbons (Fsp3) is 1.00. The van der Waals surface area contributed by atoms with Gasteiger partial charge in [-0.25, -0.2) is 0 Å². The van der Waals surface area contributed by atoms with E-state index in [1.54, 1.807) is 14.2 Å². The fourth-order valence-electron chi connectivity index (χ4n) is 1.97. The van der Waals surface area contributed by atoms with Crippen molar-refractivity contribution in [2.24, 2.45) is 0 Å². The van der Waals surface area contributed by atoms with Gasteiger partial charge in [-0.15, -0.1) is 0 Å². The molecule has 114 valence electrons. The van der Waals surface area contributed by atoms with Crippen molar-refractivity contribution in [2.75, 3.05) is 27.2 Å². The zero-order chi connectivity index (χ0) is 14.5. The normalized spacial score (nSPS) is 23.9. The molecule has 6 nitrogen and oxygen atoms in total. The number of nitrogens with zero attached hydrogens (tertiary/aromatic N) is 1. The lowest BCUT2D eigenvalue weighted by molar-refractivity contribution is 0.0232. The van der Waals surface area contributed by atoms with Gasteiger partial charge in [0.25, 0.3) is 10.2 Å². The van der Waals surface area contributed by atoms with Gasteiger partial charge in [0.05, 0.1) is 6.10 Å². The predicted octanol–water partition coefficient (Wildman–Crippen LogP) is 0.318. The Morgan fingerprint density at radius 2 is 2.00 bits per heavy atom. The molecule has 1 rings (SSSR count). The highest BCUT2D eigenvalue weighted by molar-refractivity contribution is 7.87. The average Bonchev–Trinajstić information content (AvgIpc) is 2.28. The van der Waals surface area contributed by atoms with Gasteiger partial charge in [-0.05, 0) is 25.8 Å². The van der Waals surface area contributed by atoms with E-state index in [0.29, 0.717) is 12.6 Å². The highest BCUT2D eigenvalue weighted by Crippen LogP contribution is 2.23. The summed E-state index contributed by atoms with van der Waals surface area (Å²) in [6.45, 7) is 5.50. The number of rotatable bonds is 9. The lowest BCUT2D eigenvalue weighted by atomic mass is 9.90. The molecule has 0 aromatic carbocycles. The van der Waals surface area contributed by atoms with Crippen molar-refractivity contribution in [3.63, 3.8) is 0 Å². The monoisotopic (exact) mass is 293 g/mol. The summed E-state index contributed by atoms with van der Waals surface area (Å²) < 4.78 is 33.2. The summed E-state index contributed by atoms with van der Waals surface area (Å²) in [7, 11) is -0.0815. The molecule has 0 heterocycles. The summed E-state index contributed by atoms with van der Waals surface area (Å²) >= 11 is 0. The molecule has 1 fully saturated rings. The highest BCUT2D eigenvalue weighted by Gasteiger charge is 2.33. The Morgan fingerprint density at radius 1 is 1.37 bits per heavy atom. The Kier molecular flexibility index (Phi) is 6.68. The molecular formula is C12H27N3O3S. The summed E-state index contributed by atoms with van der Waals surface area (Å²) in [4.78, 5) is 0. The third-order valence-electron chi connectivity index (χ3n) is 3.36. The molecule has 0 aliphatic heterocycles. The first-order valence-electron chi connectivity index (χ1n) is 6.85. The molecule has 1 saturated carbocycles. The van der Waals surface area contributed by atoms with Gasteiger partial charge in [-0.3, -0.25) is 0 Å². The average molecular weight is 293 g/mol. The Morgan fingerprint density at radius 3 is 2.53 bits per heavy atom. The van der Waals surface area contributed by atoms with Crippen LogP contribution in [0.1, 0.15) is 33.1 Å². The number of methoxy groups -OCH3 is 1. The maximum Gasteiger partial charge on any atom is 0.279 e. The first-order chi connectivity index (χ1) is 8.85. The molecule has 0 radical (unpaired) electrons. The van der Waals surface area contributed by atoms with Crippen LogP contribution < -0.4 is 10.0 Å². The van der Waals surface area contributed by atoms with E-state index in [2.05, 4.69) is 23.9 Å². The summed E-state index contributed by atoms with van der Waals surface area (Å²) in [5.41, 5.74) is 0. The number of nitrogens with one attached hydrogen (secondary N) is 2. The van der Waals surface area contributed by atoms with Crippen LogP contribution in [0.25, 0.3) is 0 Å². The van der Waals surface area contributed by atoms with E-state index in [1.807, 2.05) is 0 Å². The van der Waals surface area contributed by atoms with E-state index in [-0.39, 0.29) is 12.1 Å². The summed E-state index contributed by atoms with van der Waals surface area (Å²) in [5.74, 6) is 0. The van der Waals surface area contributed by atoms with Gasteiger partial charge in [0.2, 0.25) is 0 Å². The quantitative estimate of drug-likeness (QED) is 0.601. The lowest BCUT2D eigenvalue weighted by Crippen LogP contribution is -2.51. The Hall–Kier alpha value is -0.210. The van der Waals surface area contributed by atoms with Gasteiger partial charge in [0, 0.05) is 32.8 Å². The van der Waals surface area contributed by atoms with E-state index in [9.17, 15) is 8.42 Å². The number of ether oxygens (including phenoxy) is 1. The zero-order valence-electron chi connectivity index (χ0n) is 12.3. The van der Waals surface area contributed by atoms with Crippen LogP contribution in [0.4, 0.5) is 0 Å². The zero-order valence-corrected chi connectivity index (χ0v) is 13.2. The van der Waals surface area contributed by atoms with Crippen molar-refractivity contribution in [2.45, 2.75) is 51.3 Å².